The minimum Gasteiger partial charge on any atom is -0.486 e. The van der Waals surface area contributed by atoms with Crippen LogP contribution < -0.4 is 15.9 Å². The van der Waals surface area contributed by atoms with Crippen molar-refractivity contribution in [3.8, 4) is 5.75 Å². The van der Waals surface area contributed by atoms with Gasteiger partial charge in [-0.05, 0) is 51.3 Å². The van der Waals surface area contributed by atoms with Crippen molar-refractivity contribution in [1.82, 2.24) is 0 Å². The molecule has 32 heavy (non-hydrogen) atoms. The maximum absolute atomic E-state index is 15.2. The van der Waals surface area contributed by atoms with E-state index in [-0.39, 0.29) is 32.3 Å². The molecule has 1 aliphatic rings. The Kier molecular flexibility index (Phi) is 8.39. The van der Waals surface area contributed by atoms with Crippen molar-refractivity contribution < 1.29 is 28.0 Å². The number of nitrogens with two attached hydrogens (primary N) is 1. The Morgan fingerprint density at radius 1 is 1.09 bits per heavy atom. The van der Waals surface area contributed by atoms with Crippen LogP contribution in [0.5, 0.6) is 5.75 Å². The summed E-state index contributed by atoms with van der Waals surface area (Å²) in [6.45, 7) is 7.87. The number of methoxy groups -OCH3 is 1. The highest BCUT2D eigenvalue weighted by Crippen LogP contribution is 2.37. The van der Waals surface area contributed by atoms with E-state index in [0.717, 1.165) is 5.56 Å². The maximum atomic E-state index is 15.2. The topological polar surface area (TPSA) is 80.0 Å². The quantitative estimate of drug-likeness (QED) is 0.503. The van der Waals surface area contributed by atoms with Crippen molar-refractivity contribution in [2.24, 2.45) is 5.73 Å². The summed E-state index contributed by atoms with van der Waals surface area (Å²) in [6.07, 6.45) is 0.106. The molecule has 1 fully saturated rings. The lowest BCUT2D eigenvalue weighted by Crippen LogP contribution is -2.41. The van der Waals surface area contributed by atoms with Gasteiger partial charge in [0.15, 0.2) is 11.6 Å². The molecule has 0 radical (unpaired) electrons. The highest BCUT2D eigenvalue weighted by atomic mass is 32.1. The first-order chi connectivity index (χ1) is 14.5. The largest absolute Gasteiger partial charge is 0.498 e. The Hall–Kier alpha value is -2.07. The number of rotatable bonds is 7. The van der Waals surface area contributed by atoms with Crippen molar-refractivity contribution in [3.63, 3.8) is 0 Å². The fourth-order valence-corrected chi connectivity index (χ4v) is 3.31. The van der Waals surface area contributed by atoms with Crippen LogP contribution in [0.3, 0.4) is 0 Å². The third kappa shape index (κ3) is 5.64. The van der Waals surface area contributed by atoms with E-state index in [2.05, 4.69) is 4.74 Å². The Balaban J connectivity index is 0.00000363. The number of benzene rings is 2. The second-order valence-electron chi connectivity index (χ2n) is 8.69. The van der Waals surface area contributed by atoms with Gasteiger partial charge < -0.3 is 24.5 Å². The smallest absolute Gasteiger partial charge is 0.486 e. The molecule has 0 saturated carbocycles. The SMILES string of the molecule is COC(=O)[C@@H](N)Cc1cc(F)c(OCc2ccccc2)c(B2OC(C)(C)C(C)(C)O2)c1.S. The van der Waals surface area contributed by atoms with E-state index in [1.807, 2.05) is 58.0 Å². The molecule has 0 spiro atoms. The summed E-state index contributed by atoms with van der Waals surface area (Å²) in [5.41, 5.74) is 6.51. The van der Waals surface area contributed by atoms with Gasteiger partial charge in [0.05, 0.1) is 18.3 Å². The molecule has 1 aliphatic heterocycles. The van der Waals surface area contributed by atoms with E-state index in [0.29, 0.717) is 11.0 Å². The second kappa shape index (κ2) is 10.3. The van der Waals surface area contributed by atoms with Crippen molar-refractivity contribution in [2.45, 2.75) is 58.0 Å². The first-order valence-corrected chi connectivity index (χ1v) is 10.2. The molecular formula is C23H31BFNO5S. The van der Waals surface area contributed by atoms with Crippen LogP contribution in [0.2, 0.25) is 0 Å². The van der Waals surface area contributed by atoms with Crippen LogP contribution >= 0.6 is 13.5 Å². The van der Waals surface area contributed by atoms with Crippen LogP contribution in [-0.2, 0) is 31.9 Å². The first kappa shape index (κ1) is 26.2. The van der Waals surface area contributed by atoms with Gasteiger partial charge in [-0.3, -0.25) is 4.79 Å². The van der Waals surface area contributed by atoms with E-state index in [9.17, 15) is 4.79 Å². The molecule has 0 aromatic heterocycles. The van der Waals surface area contributed by atoms with Crippen LogP contribution in [0.1, 0.15) is 38.8 Å². The molecule has 0 aliphatic carbocycles. The second-order valence-corrected chi connectivity index (χ2v) is 8.69. The van der Waals surface area contributed by atoms with Crippen LogP contribution in [0.15, 0.2) is 42.5 Å². The third-order valence-electron chi connectivity index (χ3n) is 5.82. The lowest BCUT2D eigenvalue weighted by Gasteiger charge is -2.32. The van der Waals surface area contributed by atoms with Crippen LogP contribution in [0.4, 0.5) is 4.39 Å². The van der Waals surface area contributed by atoms with Gasteiger partial charge in [0.25, 0.3) is 0 Å². The average Bonchev–Trinajstić information content (AvgIpc) is 2.94. The Bertz CT molecular complexity index is 925. The molecule has 2 N–H and O–H groups in total. The average molecular weight is 463 g/mol. The summed E-state index contributed by atoms with van der Waals surface area (Å²) < 4.78 is 38.0. The van der Waals surface area contributed by atoms with Gasteiger partial charge in [-0.25, -0.2) is 4.39 Å². The number of hydrogen-bond donors (Lipinski definition) is 1. The molecule has 174 valence electrons. The van der Waals surface area contributed by atoms with Gasteiger partial charge in [-0.15, -0.1) is 0 Å². The number of carbonyl (C=O) groups is 1. The van der Waals surface area contributed by atoms with Gasteiger partial charge in [-0.2, -0.15) is 13.5 Å². The fourth-order valence-electron chi connectivity index (χ4n) is 3.31. The summed E-state index contributed by atoms with van der Waals surface area (Å²) in [4.78, 5) is 11.7. The van der Waals surface area contributed by atoms with E-state index >= 15 is 4.39 Å². The van der Waals surface area contributed by atoms with Crippen molar-refractivity contribution in [1.29, 1.82) is 0 Å². The zero-order valence-corrected chi connectivity index (χ0v) is 20.1. The minimum absolute atomic E-state index is 0. The molecule has 0 unspecified atom stereocenters. The minimum atomic E-state index is -0.911. The molecule has 9 heteroatoms. The molecule has 0 bridgehead atoms. The van der Waals surface area contributed by atoms with Crippen LogP contribution in [0, 0.1) is 5.82 Å². The number of esters is 1. The molecule has 3 rings (SSSR count). The molecule has 2 aromatic rings. The normalized spacial score (nSPS) is 17.4. The molecule has 1 saturated heterocycles. The summed E-state index contributed by atoms with van der Waals surface area (Å²) in [7, 11) is 0.429. The fraction of sp³-hybridized carbons (Fsp3) is 0.435. The number of ether oxygens (including phenoxy) is 2. The Morgan fingerprint density at radius 2 is 1.69 bits per heavy atom. The van der Waals surface area contributed by atoms with Gasteiger partial charge in [0, 0.05) is 5.46 Å². The van der Waals surface area contributed by atoms with E-state index in [1.54, 1.807) is 6.07 Å². The van der Waals surface area contributed by atoms with Crippen molar-refractivity contribution >= 4 is 32.0 Å². The molecule has 2 aromatic carbocycles. The van der Waals surface area contributed by atoms with Gasteiger partial charge in [-0.1, -0.05) is 36.4 Å². The molecule has 6 nitrogen and oxygen atoms in total. The molecule has 1 heterocycles. The monoisotopic (exact) mass is 463 g/mol. The summed E-state index contributed by atoms with van der Waals surface area (Å²) in [5.74, 6) is -1.09. The van der Waals surface area contributed by atoms with Gasteiger partial charge >= 0.3 is 13.1 Å². The summed E-state index contributed by atoms with van der Waals surface area (Å²) in [6, 6.07) is 11.6. The van der Waals surface area contributed by atoms with Gasteiger partial charge in [0.2, 0.25) is 0 Å². The van der Waals surface area contributed by atoms with E-state index < -0.39 is 36.1 Å². The maximum Gasteiger partial charge on any atom is 0.498 e. The third-order valence-corrected chi connectivity index (χ3v) is 5.82. The Morgan fingerprint density at radius 3 is 2.25 bits per heavy atom. The summed E-state index contributed by atoms with van der Waals surface area (Å²) in [5, 5.41) is 0. The molecule has 1 atom stereocenters. The number of hydrogen-bond acceptors (Lipinski definition) is 6. The predicted octanol–water partition coefficient (Wildman–Crippen LogP) is 2.86. The highest BCUT2D eigenvalue weighted by molar-refractivity contribution is 7.59. The van der Waals surface area contributed by atoms with E-state index in [1.165, 1.54) is 13.2 Å². The lowest BCUT2D eigenvalue weighted by atomic mass is 9.77. The Labute approximate surface area is 196 Å². The van der Waals surface area contributed by atoms with Crippen molar-refractivity contribution in [3.05, 3.63) is 59.4 Å². The van der Waals surface area contributed by atoms with Crippen LogP contribution in [0.25, 0.3) is 0 Å². The summed E-state index contributed by atoms with van der Waals surface area (Å²) >= 11 is 0. The van der Waals surface area contributed by atoms with Gasteiger partial charge in [0.1, 0.15) is 12.6 Å². The number of carbonyl (C=O) groups excluding carboxylic acids is 1. The molecule has 0 amide bonds. The first-order valence-electron chi connectivity index (χ1n) is 10.2. The van der Waals surface area contributed by atoms with E-state index in [4.69, 9.17) is 19.8 Å². The standard InChI is InChI=1S/C23H29BFNO5.H2S/c1-22(2)23(3,4)31-24(30-22)17-11-16(13-19(26)21(27)28-5)12-18(25)20(17)29-14-15-9-7-6-8-10-15;/h6-12,19H,13-14,26H2,1-5H3;1H2/t19-;/m0./s1. The zero-order valence-electron chi connectivity index (χ0n) is 19.1. The lowest BCUT2D eigenvalue weighted by molar-refractivity contribution is -0.142. The highest BCUT2D eigenvalue weighted by Gasteiger charge is 2.52. The zero-order chi connectivity index (χ0) is 22.8. The molecular weight excluding hydrogens is 432 g/mol. The number of halogens is 1. The van der Waals surface area contributed by atoms with Crippen molar-refractivity contribution in [2.75, 3.05) is 7.11 Å². The predicted molar refractivity (Wildman–Crippen MR) is 127 cm³/mol. The van der Waals surface area contributed by atoms with Crippen LogP contribution in [-0.4, -0.2) is 37.4 Å².